The average Bonchev–Trinajstić information content (AvgIpc) is 2.69. The van der Waals surface area contributed by atoms with E-state index in [2.05, 4.69) is 43.1 Å². The average molecular weight is 357 g/mol. The molecule has 0 aromatic carbocycles. The monoisotopic (exact) mass is 356 g/mol. The van der Waals surface area contributed by atoms with E-state index in [1.54, 1.807) is 0 Å². The molecule has 0 saturated heterocycles. The van der Waals surface area contributed by atoms with Gasteiger partial charge in [-0.05, 0) is 81.3 Å². The van der Waals surface area contributed by atoms with Crippen LogP contribution in [-0.4, -0.2) is 13.2 Å². The minimum atomic E-state index is 0.486. The predicted octanol–water partition coefficient (Wildman–Crippen LogP) is 7.08. The third-order valence-corrected chi connectivity index (χ3v) is 6.40. The molecule has 2 fully saturated rings. The topological polar surface area (TPSA) is 9.23 Å². The molecule has 0 aliphatic heterocycles. The summed E-state index contributed by atoms with van der Waals surface area (Å²) in [6.45, 7) is 2.29. The lowest BCUT2D eigenvalue weighted by molar-refractivity contribution is 0.0627. The fourth-order valence-corrected chi connectivity index (χ4v) is 4.51. The fraction of sp³-hybridized carbons (Fsp3) is 0.760. The molecular weight excluding hydrogens is 316 g/mol. The van der Waals surface area contributed by atoms with Crippen molar-refractivity contribution < 1.29 is 4.74 Å². The molecule has 0 atom stereocenters. The molecule has 2 saturated carbocycles. The highest BCUT2D eigenvalue weighted by Gasteiger charge is 2.19. The Morgan fingerprint density at radius 2 is 1.35 bits per heavy atom. The van der Waals surface area contributed by atoms with E-state index in [1.165, 1.54) is 83.5 Å². The highest BCUT2D eigenvalue weighted by molar-refractivity contribution is 5.24. The zero-order chi connectivity index (χ0) is 18.5. The molecule has 0 N–H and O–H groups in total. The Labute approximate surface area is 162 Å². The molecule has 1 heteroatoms. The summed E-state index contributed by atoms with van der Waals surface area (Å²) in [6.07, 6.45) is 26.9. The van der Waals surface area contributed by atoms with Crippen LogP contribution in [0.3, 0.4) is 0 Å². The molecule has 0 radical (unpaired) electrons. The van der Waals surface area contributed by atoms with Gasteiger partial charge >= 0.3 is 0 Å². The van der Waals surface area contributed by atoms with Crippen LogP contribution in [0.2, 0.25) is 0 Å². The Bertz CT molecular complexity index is 462. The summed E-state index contributed by atoms with van der Waals surface area (Å²) < 4.78 is 5.43. The summed E-state index contributed by atoms with van der Waals surface area (Å²) in [5, 5.41) is 0. The normalized spacial score (nSPS) is 29.8. The first-order valence-corrected chi connectivity index (χ1v) is 11.2. The minimum absolute atomic E-state index is 0.486. The first kappa shape index (κ1) is 21.3. The Kier molecular flexibility index (Phi) is 10.8. The molecule has 146 valence electrons. The maximum atomic E-state index is 5.43. The van der Waals surface area contributed by atoms with Gasteiger partial charge in [0.15, 0.2) is 0 Å². The van der Waals surface area contributed by atoms with E-state index in [9.17, 15) is 0 Å². The zero-order valence-electron chi connectivity index (χ0n) is 17.2. The van der Waals surface area contributed by atoms with Crippen LogP contribution >= 0.6 is 0 Å². The summed E-state index contributed by atoms with van der Waals surface area (Å²) in [5.74, 6) is 8.88. The van der Waals surface area contributed by atoms with Gasteiger partial charge in [-0.2, -0.15) is 0 Å². The highest BCUT2D eigenvalue weighted by Crippen LogP contribution is 2.32. The summed E-state index contributed by atoms with van der Waals surface area (Å²) in [5.41, 5.74) is 0. The lowest BCUT2D eigenvalue weighted by atomic mass is 9.79. The molecule has 0 aromatic heterocycles. The number of methoxy groups -OCH3 is 1. The molecule has 2 aliphatic rings. The SMILES string of the molecule is CCCCCC[C@H]1CC[C@H](C=CC#CC=C[C@H]2CC[C@H](OC)CC2)CC1. The lowest BCUT2D eigenvalue weighted by Crippen LogP contribution is -2.19. The van der Waals surface area contributed by atoms with Gasteiger partial charge in [0.2, 0.25) is 0 Å². The van der Waals surface area contributed by atoms with Crippen LogP contribution in [0.25, 0.3) is 0 Å². The van der Waals surface area contributed by atoms with Gasteiger partial charge in [-0.3, -0.25) is 0 Å². The fourth-order valence-electron chi connectivity index (χ4n) is 4.51. The smallest absolute Gasteiger partial charge is 0.0571 e. The Hall–Kier alpha value is -1.00. The minimum Gasteiger partial charge on any atom is -0.381 e. The quantitative estimate of drug-likeness (QED) is 0.333. The second-order valence-electron chi connectivity index (χ2n) is 8.41. The number of allylic oxidation sites excluding steroid dienone is 4. The van der Waals surface area contributed by atoms with E-state index in [4.69, 9.17) is 4.74 Å². The van der Waals surface area contributed by atoms with Crippen LogP contribution in [0.5, 0.6) is 0 Å². The molecule has 0 bridgehead atoms. The molecular formula is C25H40O. The molecule has 1 nitrogen and oxygen atoms in total. The van der Waals surface area contributed by atoms with Crippen molar-refractivity contribution in [3.05, 3.63) is 24.3 Å². The molecule has 0 amide bonds. The first-order chi connectivity index (χ1) is 12.8. The van der Waals surface area contributed by atoms with Crippen molar-refractivity contribution in [2.75, 3.05) is 7.11 Å². The zero-order valence-corrected chi connectivity index (χ0v) is 17.2. The van der Waals surface area contributed by atoms with Crippen LogP contribution in [0, 0.1) is 29.6 Å². The maximum absolute atomic E-state index is 5.43. The van der Waals surface area contributed by atoms with Gasteiger partial charge in [-0.1, -0.05) is 63.0 Å². The van der Waals surface area contributed by atoms with E-state index in [0.29, 0.717) is 12.0 Å². The predicted molar refractivity (Wildman–Crippen MR) is 113 cm³/mol. The van der Waals surface area contributed by atoms with E-state index in [-0.39, 0.29) is 0 Å². The third kappa shape index (κ3) is 8.59. The van der Waals surface area contributed by atoms with Crippen LogP contribution in [0.15, 0.2) is 24.3 Å². The highest BCUT2D eigenvalue weighted by atomic mass is 16.5. The summed E-state index contributed by atoms with van der Waals surface area (Å²) in [6, 6.07) is 0. The molecule has 0 unspecified atom stereocenters. The van der Waals surface area contributed by atoms with Crippen molar-refractivity contribution >= 4 is 0 Å². The van der Waals surface area contributed by atoms with Gasteiger partial charge < -0.3 is 4.74 Å². The van der Waals surface area contributed by atoms with Gasteiger partial charge in [0, 0.05) is 7.11 Å². The molecule has 0 spiro atoms. The van der Waals surface area contributed by atoms with Crippen molar-refractivity contribution in [2.24, 2.45) is 17.8 Å². The van der Waals surface area contributed by atoms with Crippen molar-refractivity contribution in [3.63, 3.8) is 0 Å². The van der Waals surface area contributed by atoms with Gasteiger partial charge in [-0.25, -0.2) is 0 Å². The number of hydrogen-bond donors (Lipinski definition) is 0. The molecule has 2 aliphatic carbocycles. The van der Waals surface area contributed by atoms with E-state index < -0.39 is 0 Å². The van der Waals surface area contributed by atoms with Gasteiger partial charge in [0.05, 0.1) is 6.10 Å². The lowest BCUT2D eigenvalue weighted by Gasteiger charge is -2.26. The van der Waals surface area contributed by atoms with Crippen molar-refractivity contribution in [3.8, 4) is 11.8 Å². The summed E-state index contributed by atoms with van der Waals surface area (Å²) in [4.78, 5) is 0. The molecule has 26 heavy (non-hydrogen) atoms. The number of unbranched alkanes of at least 4 members (excludes halogenated alkanes) is 3. The van der Waals surface area contributed by atoms with Gasteiger partial charge in [0.25, 0.3) is 0 Å². The second kappa shape index (κ2) is 13.2. The third-order valence-electron chi connectivity index (χ3n) is 6.40. The standard InChI is InChI=1S/C25H40O/c1-3-4-5-8-11-22-14-16-23(17-15-22)12-9-6-7-10-13-24-18-20-25(26-2)21-19-24/h9-10,12-13,22-25H,3-5,8,11,14-21H2,1-2H3/t22-,23-,24-,25-. The largest absolute Gasteiger partial charge is 0.381 e. The van der Waals surface area contributed by atoms with E-state index in [1.807, 2.05) is 7.11 Å². The van der Waals surface area contributed by atoms with Crippen molar-refractivity contribution in [1.29, 1.82) is 0 Å². The van der Waals surface area contributed by atoms with Crippen molar-refractivity contribution in [1.82, 2.24) is 0 Å². The molecule has 0 heterocycles. The molecule has 2 rings (SSSR count). The first-order valence-electron chi connectivity index (χ1n) is 11.2. The van der Waals surface area contributed by atoms with Gasteiger partial charge in [-0.15, -0.1) is 0 Å². The van der Waals surface area contributed by atoms with E-state index >= 15 is 0 Å². The van der Waals surface area contributed by atoms with Crippen LogP contribution in [0.4, 0.5) is 0 Å². The maximum Gasteiger partial charge on any atom is 0.0571 e. The molecule has 0 aromatic rings. The summed E-state index contributed by atoms with van der Waals surface area (Å²) >= 11 is 0. The Morgan fingerprint density at radius 1 is 0.769 bits per heavy atom. The summed E-state index contributed by atoms with van der Waals surface area (Å²) in [7, 11) is 1.83. The van der Waals surface area contributed by atoms with Crippen LogP contribution in [-0.2, 0) is 4.74 Å². The number of hydrogen-bond acceptors (Lipinski definition) is 1. The van der Waals surface area contributed by atoms with Gasteiger partial charge in [0.1, 0.15) is 0 Å². The Morgan fingerprint density at radius 3 is 1.88 bits per heavy atom. The van der Waals surface area contributed by atoms with E-state index in [0.717, 1.165) is 11.8 Å². The second-order valence-corrected chi connectivity index (χ2v) is 8.41. The number of ether oxygens (including phenoxy) is 1. The Balaban J connectivity index is 1.57. The van der Waals surface area contributed by atoms with Crippen LogP contribution in [0.1, 0.15) is 90.4 Å². The van der Waals surface area contributed by atoms with Crippen LogP contribution < -0.4 is 0 Å². The van der Waals surface area contributed by atoms with Crippen molar-refractivity contribution in [2.45, 2.75) is 96.5 Å². The number of rotatable bonds is 8.